The Morgan fingerprint density at radius 2 is 2.25 bits per heavy atom. The van der Waals surface area contributed by atoms with Gasteiger partial charge in [0.1, 0.15) is 0 Å². The summed E-state index contributed by atoms with van der Waals surface area (Å²) in [7, 11) is 1.98. The number of anilines is 2. The molecule has 0 bridgehead atoms. The van der Waals surface area contributed by atoms with Crippen molar-refractivity contribution in [1.29, 1.82) is 0 Å². The van der Waals surface area contributed by atoms with Crippen LogP contribution in [0.1, 0.15) is 12.1 Å². The predicted molar refractivity (Wildman–Crippen MR) is 82.5 cm³/mol. The van der Waals surface area contributed by atoms with Gasteiger partial charge in [0.25, 0.3) is 0 Å². The van der Waals surface area contributed by atoms with Gasteiger partial charge in [-0.2, -0.15) is 0 Å². The molecule has 5 nitrogen and oxygen atoms in total. The van der Waals surface area contributed by atoms with Crippen molar-refractivity contribution in [3.63, 3.8) is 0 Å². The molecule has 0 aliphatic rings. The second-order valence-electron chi connectivity index (χ2n) is 4.60. The zero-order chi connectivity index (χ0) is 14.4. The number of nitrogen functional groups attached to an aromatic ring is 1. The van der Waals surface area contributed by atoms with Crippen LogP contribution in [0.5, 0.6) is 0 Å². The number of nitrogens with zero attached hydrogens (tertiary/aromatic N) is 2. The van der Waals surface area contributed by atoms with Gasteiger partial charge in [0.05, 0.1) is 22.6 Å². The number of rotatable bonds is 6. The lowest BCUT2D eigenvalue weighted by Gasteiger charge is -2.15. The molecule has 0 unspecified atom stereocenters. The van der Waals surface area contributed by atoms with Gasteiger partial charge in [0.15, 0.2) is 0 Å². The number of hydrogen-bond acceptors (Lipinski definition) is 5. The van der Waals surface area contributed by atoms with Gasteiger partial charge in [-0.1, -0.05) is 12.1 Å². The zero-order valence-corrected chi connectivity index (χ0v) is 12.2. The number of aromatic nitrogens is 1. The number of nitrogens with two attached hydrogens (primary N) is 1. The average Bonchev–Trinajstić information content (AvgIpc) is 2.92. The van der Waals surface area contributed by atoms with Gasteiger partial charge < -0.3 is 16.0 Å². The van der Waals surface area contributed by atoms with Crippen LogP contribution in [-0.4, -0.2) is 29.4 Å². The van der Waals surface area contributed by atoms with E-state index in [-0.39, 0.29) is 5.91 Å². The first-order valence-corrected chi connectivity index (χ1v) is 7.29. The second-order valence-corrected chi connectivity index (χ2v) is 5.32. The average molecular weight is 290 g/mol. The fourth-order valence-electron chi connectivity index (χ4n) is 1.79. The molecule has 2 rings (SSSR count). The smallest absolute Gasteiger partial charge is 0.225 e. The highest BCUT2D eigenvalue weighted by Gasteiger charge is 2.07. The van der Waals surface area contributed by atoms with Crippen LogP contribution < -0.4 is 11.1 Å². The Morgan fingerprint density at radius 1 is 1.45 bits per heavy atom. The standard InChI is InChI=1S/C14H18N4OS/c1-18(8-11-9-20-10-16-11)7-6-14(19)17-13-5-3-2-4-12(13)15/h2-5,9-10H,6-8,15H2,1H3,(H,17,19). The summed E-state index contributed by atoms with van der Waals surface area (Å²) in [6.07, 6.45) is 0.426. The van der Waals surface area contributed by atoms with Gasteiger partial charge in [-0.25, -0.2) is 4.98 Å². The summed E-state index contributed by atoms with van der Waals surface area (Å²) in [5.74, 6) is -0.0342. The lowest BCUT2D eigenvalue weighted by molar-refractivity contribution is -0.116. The number of nitrogens with one attached hydrogen (secondary N) is 1. The first-order valence-electron chi connectivity index (χ1n) is 6.35. The summed E-state index contributed by atoms with van der Waals surface area (Å²) in [6, 6.07) is 7.25. The molecule has 0 fully saturated rings. The zero-order valence-electron chi connectivity index (χ0n) is 11.4. The molecule has 6 heteroatoms. The van der Waals surface area contributed by atoms with Crippen LogP contribution in [0.15, 0.2) is 35.2 Å². The van der Waals surface area contributed by atoms with Gasteiger partial charge in [-0.3, -0.25) is 4.79 Å². The van der Waals surface area contributed by atoms with Crippen LogP contribution >= 0.6 is 11.3 Å². The Bertz CT molecular complexity index is 556. The summed E-state index contributed by atoms with van der Waals surface area (Å²) >= 11 is 1.58. The molecule has 0 aliphatic carbocycles. The molecule has 1 aromatic heterocycles. The maximum atomic E-state index is 11.9. The third-order valence-corrected chi connectivity index (χ3v) is 3.51. The van der Waals surface area contributed by atoms with Gasteiger partial charge in [0, 0.05) is 24.9 Å². The second kappa shape index (κ2) is 7.02. The highest BCUT2D eigenvalue weighted by molar-refractivity contribution is 7.07. The molecule has 2 aromatic rings. The Kier molecular flexibility index (Phi) is 5.09. The Morgan fingerprint density at radius 3 is 2.95 bits per heavy atom. The number of amides is 1. The maximum absolute atomic E-state index is 11.9. The van der Waals surface area contributed by atoms with Gasteiger partial charge in [-0.15, -0.1) is 11.3 Å². The lowest BCUT2D eigenvalue weighted by Crippen LogP contribution is -2.24. The molecule has 0 saturated carbocycles. The number of thiazole rings is 1. The van der Waals surface area contributed by atoms with E-state index in [1.165, 1.54) is 0 Å². The normalized spacial score (nSPS) is 10.7. The Hall–Kier alpha value is -1.92. The van der Waals surface area contributed by atoms with Crippen molar-refractivity contribution in [3.05, 3.63) is 40.8 Å². The number of carbonyl (C=O) groups excluding carboxylic acids is 1. The molecular weight excluding hydrogens is 272 g/mol. The first kappa shape index (κ1) is 14.5. The highest BCUT2D eigenvalue weighted by Crippen LogP contribution is 2.16. The molecule has 0 atom stereocenters. The van der Waals surface area contributed by atoms with E-state index in [0.717, 1.165) is 12.2 Å². The lowest BCUT2D eigenvalue weighted by atomic mass is 10.2. The fraction of sp³-hybridized carbons (Fsp3) is 0.286. The minimum Gasteiger partial charge on any atom is -0.397 e. The first-order chi connectivity index (χ1) is 9.65. The molecule has 20 heavy (non-hydrogen) atoms. The third-order valence-electron chi connectivity index (χ3n) is 2.87. The molecule has 0 saturated heterocycles. The summed E-state index contributed by atoms with van der Waals surface area (Å²) in [4.78, 5) is 18.2. The third kappa shape index (κ3) is 4.32. The molecule has 0 spiro atoms. The summed E-state index contributed by atoms with van der Waals surface area (Å²) in [5, 5.41) is 4.84. The number of carbonyl (C=O) groups is 1. The largest absolute Gasteiger partial charge is 0.397 e. The monoisotopic (exact) mass is 290 g/mol. The molecule has 1 heterocycles. The van der Waals surface area contributed by atoms with Crippen LogP contribution in [-0.2, 0) is 11.3 Å². The molecule has 0 radical (unpaired) electrons. The van der Waals surface area contributed by atoms with Crippen molar-refractivity contribution in [2.75, 3.05) is 24.6 Å². The van der Waals surface area contributed by atoms with E-state index in [2.05, 4.69) is 15.2 Å². The van der Waals surface area contributed by atoms with Crippen LogP contribution in [0.25, 0.3) is 0 Å². The molecule has 106 valence electrons. The van der Waals surface area contributed by atoms with Gasteiger partial charge in [0.2, 0.25) is 5.91 Å². The van der Waals surface area contributed by atoms with E-state index < -0.39 is 0 Å². The highest BCUT2D eigenvalue weighted by atomic mass is 32.1. The van der Waals surface area contributed by atoms with E-state index in [0.29, 0.717) is 24.3 Å². The maximum Gasteiger partial charge on any atom is 0.225 e. The Balaban J connectivity index is 1.76. The molecule has 1 amide bonds. The van der Waals surface area contributed by atoms with E-state index in [1.54, 1.807) is 23.5 Å². The summed E-state index contributed by atoms with van der Waals surface area (Å²) in [5.41, 5.74) is 9.88. The quantitative estimate of drug-likeness (QED) is 0.800. The number of para-hydroxylation sites is 2. The van der Waals surface area contributed by atoms with Crippen molar-refractivity contribution < 1.29 is 4.79 Å². The van der Waals surface area contributed by atoms with Crippen molar-refractivity contribution in [1.82, 2.24) is 9.88 Å². The van der Waals surface area contributed by atoms with Crippen molar-refractivity contribution in [2.24, 2.45) is 0 Å². The molecule has 0 aliphatic heterocycles. The van der Waals surface area contributed by atoms with E-state index in [4.69, 9.17) is 5.73 Å². The predicted octanol–water partition coefficient (Wildman–Crippen LogP) is 2.19. The van der Waals surface area contributed by atoms with Crippen LogP contribution in [0.4, 0.5) is 11.4 Å². The van der Waals surface area contributed by atoms with Crippen molar-refractivity contribution >= 4 is 28.6 Å². The van der Waals surface area contributed by atoms with Crippen LogP contribution in [0, 0.1) is 0 Å². The number of benzene rings is 1. The topological polar surface area (TPSA) is 71.2 Å². The fourth-order valence-corrected chi connectivity index (χ4v) is 2.34. The van der Waals surface area contributed by atoms with Crippen molar-refractivity contribution in [2.45, 2.75) is 13.0 Å². The van der Waals surface area contributed by atoms with Gasteiger partial charge >= 0.3 is 0 Å². The minimum absolute atomic E-state index is 0.0342. The minimum atomic E-state index is -0.0342. The molecule has 1 aromatic carbocycles. The molecular formula is C14H18N4OS. The van der Waals surface area contributed by atoms with Crippen LogP contribution in [0.2, 0.25) is 0 Å². The summed E-state index contributed by atoms with van der Waals surface area (Å²) in [6.45, 7) is 1.43. The summed E-state index contributed by atoms with van der Waals surface area (Å²) < 4.78 is 0. The van der Waals surface area contributed by atoms with Gasteiger partial charge in [-0.05, 0) is 19.2 Å². The van der Waals surface area contributed by atoms with E-state index in [1.807, 2.05) is 30.1 Å². The number of hydrogen-bond donors (Lipinski definition) is 2. The van der Waals surface area contributed by atoms with Crippen molar-refractivity contribution in [3.8, 4) is 0 Å². The Labute approximate surface area is 122 Å². The van der Waals surface area contributed by atoms with E-state index in [9.17, 15) is 4.79 Å². The molecule has 3 N–H and O–H groups in total. The van der Waals surface area contributed by atoms with Crippen LogP contribution in [0.3, 0.4) is 0 Å². The van der Waals surface area contributed by atoms with E-state index >= 15 is 0 Å². The SMILES string of the molecule is CN(CCC(=O)Nc1ccccc1N)Cc1cscn1.